The molecule has 1 aromatic heterocycles. The van der Waals surface area contributed by atoms with Gasteiger partial charge in [-0.05, 0) is 49.1 Å². The van der Waals surface area contributed by atoms with Gasteiger partial charge in [0.1, 0.15) is 5.75 Å². The van der Waals surface area contributed by atoms with Crippen molar-refractivity contribution in [3.8, 4) is 5.75 Å². The number of amides is 1. The Morgan fingerprint density at radius 2 is 1.79 bits per heavy atom. The molecular formula is C23H25N3O2. The molecule has 3 rings (SSSR count). The molecule has 0 aliphatic carbocycles. The average Bonchev–Trinajstić information content (AvgIpc) is 2.71. The number of nitrogens with one attached hydrogen (secondary N) is 2. The zero-order chi connectivity index (χ0) is 19.9. The summed E-state index contributed by atoms with van der Waals surface area (Å²) < 4.78 is 5.38. The second-order valence-corrected chi connectivity index (χ2v) is 6.67. The van der Waals surface area contributed by atoms with Gasteiger partial charge in [-0.3, -0.25) is 9.78 Å². The summed E-state index contributed by atoms with van der Waals surface area (Å²) in [7, 11) is 1.68. The number of ether oxygens (including phenoxy) is 1. The van der Waals surface area contributed by atoms with Gasteiger partial charge in [-0.15, -0.1) is 0 Å². The summed E-state index contributed by atoms with van der Waals surface area (Å²) in [5.74, 6) is 0.711. The summed E-state index contributed by atoms with van der Waals surface area (Å²) in [6.07, 6.45) is 4.11. The van der Waals surface area contributed by atoms with Crippen LogP contribution in [0.4, 0.5) is 11.4 Å². The molecule has 0 saturated heterocycles. The van der Waals surface area contributed by atoms with Crippen LogP contribution in [0, 0.1) is 13.8 Å². The number of benzene rings is 2. The molecule has 0 saturated carbocycles. The summed E-state index contributed by atoms with van der Waals surface area (Å²) in [5, 5.41) is 6.32. The van der Waals surface area contributed by atoms with Gasteiger partial charge in [0.15, 0.2) is 0 Å². The number of aryl methyl sites for hydroxylation is 2. The minimum absolute atomic E-state index is 0.168. The van der Waals surface area contributed by atoms with Gasteiger partial charge >= 0.3 is 0 Å². The molecule has 0 unspecified atom stereocenters. The zero-order valence-corrected chi connectivity index (χ0v) is 16.5. The first-order valence-electron chi connectivity index (χ1n) is 9.27. The summed E-state index contributed by atoms with van der Waals surface area (Å²) in [6.45, 7) is 4.68. The Morgan fingerprint density at radius 1 is 1.04 bits per heavy atom. The second-order valence-electron chi connectivity index (χ2n) is 6.67. The molecule has 5 nitrogen and oxygen atoms in total. The third kappa shape index (κ3) is 4.68. The lowest BCUT2D eigenvalue weighted by molar-refractivity contribution is 0.102. The van der Waals surface area contributed by atoms with Crippen LogP contribution in [0.3, 0.4) is 0 Å². The van der Waals surface area contributed by atoms with Crippen LogP contribution in [0.2, 0.25) is 0 Å². The van der Waals surface area contributed by atoms with E-state index in [1.807, 2.05) is 62.4 Å². The van der Waals surface area contributed by atoms with E-state index < -0.39 is 0 Å². The smallest absolute Gasteiger partial charge is 0.257 e. The van der Waals surface area contributed by atoms with E-state index in [1.54, 1.807) is 19.5 Å². The van der Waals surface area contributed by atoms with Gasteiger partial charge in [-0.2, -0.15) is 0 Å². The van der Waals surface area contributed by atoms with Gasteiger partial charge in [0.2, 0.25) is 0 Å². The highest BCUT2D eigenvalue weighted by Crippen LogP contribution is 2.21. The number of pyridine rings is 1. The third-order valence-electron chi connectivity index (χ3n) is 4.64. The third-order valence-corrected chi connectivity index (χ3v) is 4.64. The molecule has 0 fully saturated rings. The molecule has 2 N–H and O–H groups in total. The van der Waals surface area contributed by atoms with Gasteiger partial charge in [-0.1, -0.05) is 36.4 Å². The van der Waals surface area contributed by atoms with E-state index in [4.69, 9.17) is 4.74 Å². The van der Waals surface area contributed by atoms with E-state index in [0.717, 1.165) is 40.2 Å². The van der Waals surface area contributed by atoms with Crippen LogP contribution in [0.25, 0.3) is 0 Å². The number of para-hydroxylation sites is 2. The van der Waals surface area contributed by atoms with Crippen molar-refractivity contribution >= 4 is 17.3 Å². The standard InChI is InChI=1S/C23H25N3O2/c1-16-7-6-8-17(2)22(16)26-23(27)19-13-20(15-24-14-19)25-12-11-18-9-4-5-10-21(18)28-3/h4-10,13-15,25H,11-12H2,1-3H3,(H,26,27). The number of carbonyl (C=O) groups is 1. The highest BCUT2D eigenvalue weighted by Gasteiger charge is 2.11. The predicted molar refractivity (Wildman–Crippen MR) is 113 cm³/mol. The Kier molecular flexibility index (Phi) is 6.27. The van der Waals surface area contributed by atoms with Crippen molar-refractivity contribution in [1.82, 2.24) is 4.98 Å². The quantitative estimate of drug-likeness (QED) is 0.633. The van der Waals surface area contributed by atoms with Crippen molar-refractivity contribution in [1.29, 1.82) is 0 Å². The predicted octanol–water partition coefficient (Wildman–Crippen LogP) is 4.61. The number of hydrogen-bond acceptors (Lipinski definition) is 4. The summed E-state index contributed by atoms with van der Waals surface area (Å²) in [4.78, 5) is 16.9. The van der Waals surface area contributed by atoms with Crippen molar-refractivity contribution in [3.63, 3.8) is 0 Å². The molecular weight excluding hydrogens is 350 g/mol. The van der Waals surface area contributed by atoms with E-state index in [0.29, 0.717) is 12.1 Å². The van der Waals surface area contributed by atoms with Gasteiger partial charge in [0.25, 0.3) is 5.91 Å². The lowest BCUT2D eigenvalue weighted by atomic mass is 10.1. The Hall–Kier alpha value is -3.34. The molecule has 0 aliphatic heterocycles. The number of hydrogen-bond donors (Lipinski definition) is 2. The van der Waals surface area contributed by atoms with E-state index >= 15 is 0 Å². The molecule has 0 aliphatic rings. The number of rotatable bonds is 7. The number of anilines is 2. The van der Waals surface area contributed by atoms with E-state index in [1.165, 1.54) is 0 Å². The van der Waals surface area contributed by atoms with Crippen molar-refractivity contribution in [2.45, 2.75) is 20.3 Å². The molecule has 1 heterocycles. The van der Waals surface area contributed by atoms with E-state index in [2.05, 4.69) is 15.6 Å². The van der Waals surface area contributed by atoms with Gasteiger partial charge in [0, 0.05) is 24.6 Å². The van der Waals surface area contributed by atoms with Gasteiger partial charge in [0.05, 0.1) is 18.4 Å². The Balaban J connectivity index is 1.64. The van der Waals surface area contributed by atoms with Crippen LogP contribution in [0.1, 0.15) is 27.0 Å². The van der Waals surface area contributed by atoms with Crippen molar-refractivity contribution in [2.24, 2.45) is 0 Å². The number of methoxy groups -OCH3 is 1. The molecule has 2 aromatic carbocycles. The second kappa shape index (κ2) is 9.04. The van der Waals surface area contributed by atoms with Gasteiger partial charge in [-0.25, -0.2) is 0 Å². The first-order valence-corrected chi connectivity index (χ1v) is 9.27. The first-order chi connectivity index (χ1) is 13.6. The fourth-order valence-corrected chi connectivity index (χ4v) is 3.11. The van der Waals surface area contributed by atoms with Crippen molar-refractivity contribution < 1.29 is 9.53 Å². The summed E-state index contributed by atoms with van der Waals surface area (Å²) in [5.41, 5.74) is 5.38. The summed E-state index contributed by atoms with van der Waals surface area (Å²) in [6, 6.07) is 15.7. The van der Waals surface area contributed by atoms with E-state index in [9.17, 15) is 4.79 Å². The van der Waals surface area contributed by atoms with Crippen LogP contribution < -0.4 is 15.4 Å². The van der Waals surface area contributed by atoms with Crippen LogP contribution in [0.15, 0.2) is 60.9 Å². The number of nitrogens with zero attached hydrogens (tertiary/aromatic N) is 1. The Bertz CT molecular complexity index is 949. The molecule has 1 amide bonds. The van der Waals surface area contributed by atoms with Gasteiger partial charge < -0.3 is 15.4 Å². The van der Waals surface area contributed by atoms with Crippen LogP contribution in [-0.2, 0) is 6.42 Å². The Morgan fingerprint density at radius 3 is 2.54 bits per heavy atom. The minimum Gasteiger partial charge on any atom is -0.496 e. The average molecular weight is 375 g/mol. The Labute approximate surface area is 165 Å². The molecule has 3 aromatic rings. The SMILES string of the molecule is COc1ccccc1CCNc1cncc(C(=O)Nc2c(C)cccc2C)c1. The van der Waals surface area contributed by atoms with E-state index in [-0.39, 0.29) is 5.91 Å². The molecule has 0 radical (unpaired) electrons. The first kappa shape index (κ1) is 19.4. The lowest BCUT2D eigenvalue weighted by Crippen LogP contribution is -2.15. The normalized spacial score (nSPS) is 10.4. The number of aromatic nitrogens is 1. The topological polar surface area (TPSA) is 63.2 Å². The molecule has 0 spiro atoms. The molecule has 5 heteroatoms. The highest BCUT2D eigenvalue weighted by molar-refractivity contribution is 6.05. The summed E-state index contributed by atoms with van der Waals surface area (Å²) >= 11 is 0. The fourth-order valence-electron chi connectivity index (χ4n) is 3.11. The molecule has 0 atom stereocenters. The molecule has 28 heavy (non-hydrogen) atoms. The molecule has 144 valence electrons. The minimum atomic E-state index is -0.168. The van der Waals surface area contributed by atoms with Crippen molar-refractivity contribution in [3.05, 3.63) is 83.2 Å². The van der Waals surface area contributed by atoms with Crippen LogP contribution in [-0.4, -0.2) is 24.5 Å². The maximum absolute atomic E-state index is 12.7. The van der Waals surface area contributed by atoms with Crippen LogP contribution >= 0.6 is 0 Å². The van der Waals surface area contributed by atoms with Crippen LogP contribution in [0.5, 0.6) is 5.75 Å². The molecule has 0 bridgehead atoms. The number of carbonyl (C=O) groups excluding carboxylic acids is 1. The zero-order valence-electron chi connectivity index (χ0n) is 16.5. The lowest BCUT2D eigenvalue weighted by Gasteiger charge is -2.12. The fraction of sp³-hybridized carbons (Fsp3) is 0.217. The maximum atomic E-state index is 12.7. The monoisotopic (exact) mass is 375 g/mol. The largest absolute Gasteiger partial charge is 0.496 e. The van der Waals surface area contributed by atoms with Crippen molar-refractivity contribution in [2.75, 3.05) is 24.3 Å². The maximum Gasteiger partial charge on any atom is 0.257 e. The highest BCUT2D eigenvalue weighted by atomic mass is 16.5.